The van der Waals surface area contributed by atoms with Gasteiger partial charge in [-0.25, -0.2) is 0 Å². The standard InChI is InChI=1S/C13H22N4O2/c1-16-6-3-2-4-12(16)5-7-19-13(18)10-17-9-11(14)8-15-17/h8-9,12H,2-7,10,14H2,1H3. The molecule has 0 spiro atoms. The number of aromatic nitrogens is 2. The number of nitrogens with two attached hydrogens (primary N) is 1. The highest BCUT2D eigenvalue weighted by Gasteiger charge is 2.18. The molecule has 1 saturated heterocycles. The monoisotopic (exact) mass is 266 g/mol. The number of hydrogen-bond donors (Lipinski definition) is 1. The van der Waals surface area contributed by atoms with Crippen molar-refractivity contribution in [1.82, 2.24) is 14.7 Å². The summed E-state index contributed by atoms with van der Waals surface area (Å²) in [4.78, 5) is 14.0. The fraction of sp³-hybridized carbons (Fsp3) is 0.692. The summed E-state index contributed by atoms with van der Waals surface area (Å²) in [5, 5.41) is 3.95. The van der Waals surface area contributed by atoms with E-state index in [1.807, 2.05) is 0 Å². The molecule has 106 valence electrons. The zero-order chi connectivity index (χ0) is 13.7. The normalized spacial score (nSPS) is 20.4. The number of anilines is 1. The van der Waals surface area contributed by atoms with Crippen LogP contribution < -0.4 is 5.73 Å². The molecule has 1 atom stereocenters. The summed E-state index contributed by atoms with van der Waals surface area (Å²) in [6.07, 6.45) is 7.79. The molecule has 6 heteroatoms. The number of carbonyl (C=O) groups is 1. The number of likely N-dealkylation sites (tertiary alicyclic amines) is 1. The quantitative estimate of drug-likeness (QED) is 0.801. The van der Waals surface area contributed by atoms with Gasteiger partial charge in [-0.2, -0.15) is 5.10 Å². The Bertz CT molecular complexity index is 419. The average molecular weight is 266 g/mol. The minimum Gasteiger partial charge on any atom is -0.464 e. The van der Waals surface area contributed by atoms with Gasteiger partial charge in [0.05, 0.1) is 18.5 Å². The van der Waals surface area contributed by atoms with Gasteiger partial charge in [0, 0.05) is 12.2 Å². The topological polar surface area (TPSA) is 73.4 Å². The van der Waals surface area contributed by atoms with Gasteiger partial charge in [0.25, 0.3) is 0 Å². The van der Waals surface area contributed by atoms with Crippen molar-refractivity contribution in [2.45, 2.75) is 38.3 Å². The summed E-state index contributed by atoms with van der Waals surface area (Å²) in [6, 6.07) is 0.543. The molecule has 1 aliphatic rings. The minimum absolute atomic E-state index is 0.123. The molecule has 0 aliphatic carbocycles. The van der Waals surface area contributed by atoms with Crippen molar-refractivity contribution in [2.75, 3.05) is 25.9 Å². The van der Waals surface area contributed by atoms with Crippen LogP contribution in [0.25, 0.3) is 0 Å². The molecule has 2 N–H and O–H groups in total. The first-order valence-electron chi connectivity index (χ1n) is 6.79. The van der Waals surface area contributed by atoms with Crippen LogP contribution in [-0.4, -0.2) is 46.9 Å². The molecule has 0 amide bonds. The van der Waals surface area contributed by atoms with Crippen LogP contribution in [0, 0.1) is 0 Å². The van der Waals surface area contributed by atoms with E-state index in [9.17, 15) is 4.79 Å². The van der Waals surface area contributed by atoms with Crippen LogP contribution in [0.4, 0.5) is 5.69 Å². The molecule has 2 heterocycles. The summed E-state index contributed by atoms with van der Waals surface area (Å²) >= 11 is 0. The molecule has 0 saturated carbocycles. The number of carbonyl (C=O) groups excluding carboxylic acids is 1. The van der Waals surface area contributed by atoms with Crippen molar-refractivity contribution in [3.63, 3.8) is 0 Å². The van der Waals surface area contributed by atoms with E-state index in [2.05, 4.69) is 17.0 Å². The SMILES string of the molecule is CN1CCCCC1CCOC(=O)Cn1cc(N)cn1. The molecular weight excluding hydrogens is 244 g/mol. The van der Waals surface area contributed by atoms with Crippen molar-refractivity contribution in [2.24, 2.45) is 0 Å². The zero-order valence-corrected chi connectivity index (χ0v) is 11.4. The average Bonchev–Trinajstić information content (AvgIpc) is 2.77. The Morgan fingerprint density at radius 1 is 1.58 bits per heavy atom. The van der Waals surface area contributed by atoms with Gasteiger partial charge >= 0.3 is 5.97 Å². The van der Waals surface area contributed by atoms with Crippen molar-refractivity contribution in [3.05, 3.63) is 12.4 Å². The van der Waals surface area contributed by atoms with Crippen LogP contribution in [0.1, 0.15) is 25.7 Å². The van der Waals surface area contributed by atoms with E-state index in [1.54, 1.807) is 6.20 Å². The molecule has 1 unspecified atom stereocenters. The molecule has 1 aromatic rings. The second kappa shape index (κ2) is 6.56. The maximum atomic E-state index is 11.6. The van der Waals surface area contributed by atoms with Gasteiger partial charge in [-0.3, -0.25) is 9.48 Å². The van der Waals surface area contributed by atoms with Crippen molar-refractivity contribution in [3.8, 4) is 0 Å². The third-order valence-corrected chi connectivity index (χ3v) is 3.58. The van der Waals surface area contributed by atoms with Gasteiger partial charge in [0.2, 0.25) is 0 Å². The highest BCUT2D eigenvalue weighted by atomic mass is 16.5. The Hall–Kier alpha value is -1.56. The molecule has 0 aromatic carbocycles. The molecule has 6 nitrogen and oxygen atoms in total. The lowest BCUT2D eigenvalue weighted by atomic mass is 10.0. The van der Waals surface area contributed by atoms with Crippen LogP contribution >= 0.6 is 0 Å². The summed E-state index contributed by atoms with van der Waals surface area (Å²) in [6.45, 7) is 1.74. The lowest BCUT2D eigenvalue weighted by Gasteiger charge is -2.32. The van der Waals surface area contributed by atoms with E-state index in [1.165, 1.54) is 30.1 Å². The second-order valence-electron chi connectivity index (χ2n) is 5.11. The van der Waals surface area contributed by atoms with Gasteiger partial charge in [-0.05, 0) is 32.9 Å². The predicted octanol–water partition coefficient (Wildman–Crippen LogP) is 0.883. The number of esters is 1. The third-order valence-electron chi connectivity index (χ3n) is 3.58. The molecule has 0 bridgehead atoms. The fourth-order valence-electron chi connectivity index (χ4n) is 2.46. The van der Waals surface area contributed by atoms with Gasteiger partial charge in [0.15, 0.2) is 0 Å². The Morgan fingerprint density at radius 2 is 2.42 bits per heavy atom. The van der Waals surface area contributed by atoms with Crippen molar-refractivity contribution in [1.29, 1.82) is 0 Å². The summed E-state index contributed by atoms with van der Waals surface area (Å²) in [5.41, 5.74) is 6.08. The third kappa shape index (κ3) is 4.24. The second-order valence-corrected chi connectivity index (χ2v) is 5.11. The van der Waals surface area contributed by atoms with Gasteiger partial charge < -0.3 is 15.4 Å². The Kier molecular flexibility index (Phi) is 4.79. The highest BCUT2D eigenvalue weighted by molar-refractivity contribution is 5.69. The Balaban J connectivity index is 1.66. The molecule has 1 fully saturated rings. The van der Waals surface area contributed by atoms with E-state index < -0.39 is 0 Å². The number of hydrogen-bond acceptors (Lipinski definition) is 5. The van der Waals surface area contributed by atoms with Crippen molar-refractivity contribution >= 4 is 11.7 Å². The summed E-state index contributed by atoms with van der Waals surface area (Å²) < 4.78 is 6.73. The summed E-state index contributed by atoms with van der Waals surface area (Å²) in [7, 11) is 2.14. The highest BCUT2D eigenvalue weighted by Crippen LogP contribution is 2.17. The molecule has 2 rings (SSSR count). The molecular formula is C13H22N4O2. The van der Waals surface area contributed by atoms with E-state index in [4.69, 9.17) is 10.5 Å². The lowest BCUT2D eigenvalue weighted by Crippen LogP contribution is -2.37. The van der Waals surface area contributed by atoms with Crippen LogP contribution in [0.15, 0.2) is 12.4 Å². The molecule has 1 aromatic heterocycles. The van der Waals surface area contributed by atoms with Crippen molar-refractivity contribution < 1.29 is 9.53 Å². The van der Waals surface area contributed by atoms with Crippen LogP contribution in [-0.2, 0) is 16.1 Å². The number of nitrogens with zero attached hydrogens (tertiary/aromatic N) is 3. The number of rotatable bonds is 5. The van der Waals surface area contributed by atoms with E-state index in [0.29, 0.717) is 18.3 Å². The fourth-order valence-corrected chi connectivity index (χ4v) is 2.46. The number of piperidine rings is 1. The Morgan fingerprint density at radius 3 is 3.11 bits per heavy atom. The van der Waals surface area contributed by atoms with Gasteiger partial charge in [-0.1, -0.05) is 6.42 Å². The molecule has 1 aliphatic heterocycles. The smallest absolute Gasteiger partial charge is 0.327 e. The van der Waals surface area contributed by atoms with Gasteiger partial charge in [0.1, 0.15) is 6.54 Å². The first-order valence-corrected chi connectivity index (χ1v) is 6.79. The minimum atomic E-state index is -0.262. The van der Waals surface area contributed by atoms with Crippen LogP contribution in [0.3, 0.4) is 0 Å². The maximum absolute atomic E-state index is 11.6. The number of nitrogen functional groups attached to an aromatic ring is 1. The summed E-state index contributed by atoms with van der Waals surface area (Å²) in [5.74, 6) is -0.262. The first kappa shape index (κ1) is 13.9. The van der Waals surface area contributed by atoms with Crippen LogP contribution in [0.2, 0.25) is 0 Å². The van der Waals surface area contributed by atoms with Gasteiger partial charge in [-0.15, -0.1) is 0 Å². The predicted molar refractivity (Wildman–Crippen MR) is 72.5 cm³/mol. The zero-order valence-electron chi connectivity index (χ0n) is 11.4. The first-order chi connectivity index (χ1) is 9.15. The largest absolute Gasteiger partial charge is 0.464 e. The number of ether oxygens (including phenoxy) is 1. The van der Waals surface area contributed by atoms with Crippen LogP contribution in [0.5, 0.6) is 0 Å². The van der Waals surface area contributed by atoms with E-state index in [0.717, 1.165) is 13.0 Å². The van der Waals surface area contributed by atoms with E-state index >= 15 is 0 Å². The molecule has 0 radical (unpaired) electrons. The Labute approximate surface area is 113 Å². The van der Waals surface area contributed by atoms with E-state index in [-0.39, 0.29) is 12.5 Å². The lowest BCUT2D eigenvalue weighted by molar-refractivity contribution is -0.145. The maximum Gasteiger partial charge on any atom is 0.327 e. The molecule has 19 heavy (non-hydrogen) atoms.